The molecule has 0 aliphatic rings. The van der Waals surface area contributed by atoms with Crippen molar-refractivity contribution in [3.05, 3.63) is 0 Å². The van der Waals surface area contributed by atoms with E-state index in [2.05, 4.69) is 4.99 Å². The zero-order valence-corrected chi connectivity index (χ0v) is 8.31. The summed E-state index contributed by atoms with van der Waals surface area (Å²) in [6, 6.07) is -1.04. The molecule has 0 aromatic carbocycles. The number of hydrogen-bond acceptors (Lipinski definition) is 3. The van der Waals surface area contributed by atoms with Crippen LogP contribution in [0.2, 0.25) is 0 Å². The van der Waals surface area contributed by atoms with Gasteiger partial charge in [-0.15, -0.1) is 0 Å². The van der Waals surface area contributed by atoms with Gasteiger partial charge in [0.1, 0.15) is 0 Å². The first kappa shape index (κ1) is 12.7. The third-order valence-corrected chi connectivity index (χ3v) is 1.80. The third-order valence-electron chi connectivity index (χ3n) is 1.80. The number of rotatable bonds is 6. The SMILES string of the molecule is CCCCC(O)C(N=C(N)N)C(N)=O. The molecule has 6 nitrogen and oxygen atoms in total. The van der Waals surface area contributed by atoms with Gasteiger partial charge in [-0.05, 0) is 6.42 Å². The van der Waals surface area contributed by atoms with Gasteiger partial charge < -0.3 is 22.3 Å². The Labute approximate surface area is 83.2 Å². The molecule has 2 atom stereocenters. The molecule has 0 heterocycles. The van der Waals surface area contributed by atoms with Crippen LogP contribution in [-0.2, 0) is 4.79 Å². The molecule has 0 saturated carbocycles. The normalized spacial score (nSPS) is 14.4. The van der Waals surface area contributed by atoms with Crippen LogP contribution >= 0.6 is 0 Å². The number of aliphatic hydroxyl groups excluding tert-OH is 1. The van der Waals surface area contributed by atoms with Gasteiger partial charge in [0.2, 0.25) is 5.91 Å². The fourth-order valence-corrected chi connectivity index (χ4v) is 1.07. The lowest BCUT2D eigenvalue weighted by Gasteiger charge is -2.15. The van der Waals surface area contributed by atoms with Crippen molar-refractivity contribution >= 4 is 11.9 Å². The Morgan fingerprint density at radius 2 is 2.00 bits per heavy atom. The maximum Gasteiger partial charge on any atom is 0.245 e. The summed E-state index contributed by atoms with van der Waals surface area (Å²) in [5.74, 6) is -0.966. The minimum Gasteiger partial charge on any atom is -0.390 e. The standard InChI is InChI=1S/C8H18N4O2/c1-2-3-4-5(13)6(7(9)14)12-8(10)11/h5-6,13H,2-4H2,1H3,(H2,9,14)(H4,10,11,12). The van der Waals surface area contributed by atoms with Crippen LogP contribution in [0.15, 0.2) is 4.99 Å². The number of amides is 1. The monoisotopic (exact) mass is 202 g/mol. The van der Waals surface area contributed by atoms with Gasteiger partial charge in [0.05, 0.1) is 6.10 Å². The molecule has 0 aliphatic heterocycles. The van der Waals surface area contributed by atoms with E-state index in [4.69, 9.17) is 17.2 Å². The zero-order chi connectivity index (χ0) is 11.1. The van der Waals surface area contributed by atoms with E-state index in [9.17, 15) is 9.90 Å². The zero-order valence-electron chi connectivity index (χ0n) is 8.31. The molecule has 2 unspecified atom stereocenters. The minimum absolute atomic E-state index is 0.246. The fourth-order valence-electron chi connectivity index (χ4n) is 1.07. The summed E-state index contributed by atoms with van der Waals surface area (Å²) in [5.41, 5.74) is 15.3. The van der Waals surface area contributed by atoms with Crippen LogP contribution in [-0.4, -0.2) is 29.1 Å². The van der Waals surface area contributed by atoms with E-state index >= 15 is 0 Å². The Bertz CT molecular complexity index is 213. The summed E-state index contributed by atoms with van der Waals surface area (Å²) in [6.45, 7) is 1.98. The van der Waals surface area contributed by atoms with Crippen molar-refractivity contribution in [3.63, 3.8) is 0 Å². The van der Waals surface area contributed by atoms with Crippen molar-refractivity contribution in [1.29, 1.82) is 0 Å². The molecule has 0 radical (unpaired) electrons. The molecule has 0 saturated heterocycles. The van der Waals surface area contributed by atoms with Crippen LogP contribution in [0.3, 0.4) is 0 Å². The first-order chi connectivity index (χ1) is 6.49. The minimum atomic E-state index is -1.04. The lowest BCUT2D eigenvalue weighted by Crippen LogP contribution is -2.40. The van der Waals surface area contributed by atoms with Gasteiger partial charge >= 0.3 is 0 Å². The molecule has 82 valence electrons. The lowest BCUT2D eigenvalue weighted by molar-refractivity contribution is -0.121. The molecule has 7 N–H and O–H groups in total. The summed E-state index contributed by atoms with van der Waals surface area (Å²) < 4.78 is 0. The van der Waals surface area contributed by atoms with E-state index in [1.165, 1.54) is 0 Å². The van der Waals surface area contributed by atoms with E-state index in [0.29, 0.717) is 6.42 Å². The molecule has 6 heteroatoms. The Balaban J connectivity index is 4.34. The first-order valence-electron chi connectivity index (χ1n) is 4.55. The maximum absolute atomic E-state index is 10.9. The van der Waals surface area contributed by atoms with Crippen molar-refractivity contribution in [2.45, 2.75) is 38.3 Å². The highest BCUT2D eigenvalue weighted by atomic mass is 16.3. The molecule has 0 aromatic rings. The highest BCUT2D eigenvalue weighted by Gasteiger charge is 2.23. The van der Waals surface area contributed by atoms with Crippen molar-refractivity contribution in [3.8, 4) is 0 Å². The molecule has 0 aromatic heterocycles. The van der Waals surface area contributed by atoms with Gasteiger partial charge in [-0.3, -0.25) is 4.79 Å². The van der Waals surface area contributed by atoms with E-state index in [0.717, 1.165) is 12.8 Å². The van der Waals surface area contributed by atoms with E-state index < -0.39 is 18.1 Å². The highest BCUT2D eigenvalue weighted by Crippen LogP contribution is 2.07. The van der Waals surface area contributed by atoms with Crippen molar-refractivity contribution < 1.29 is 9.90 Å². The molecule has 0 aliphatic carbocycles. The Morgan fingerprint density at radius 3 is 2.36 bits per heavy atom. The number of guanidine groups is 1. The van der Waals surface area contributed by atoms with Gasteiger partial charge in [-0.1, -0.05) is 19.8 Å². The van der Waals surface area contributed by atoms with Crippen molar-refractivity contribution in [2.75, 3.05) is 0 Å². The molecular formula is C8H18N4O2. The molecule has 0 bridgehead atoms. The van der Waals surface area contributed by atoms with E-state index in [-0.39, 0.29) is 5.96 Å². The summed E-state index contributed by atoms with van der Waals surface area (Å²) in [6.07, 6.45) is 1.27. The molecule has 0 spiro atoms. The predicted octanol–water partition coefficient (Wildman–Crippen LogP) is -1.34. The number of aliphatic hydroxyl groups is 1. The Morgan fingerprint density at radius 1 is 1.43 bits per heavy atom. The van der Waals surface area contributed by atoms with Crippen LogP contribution in [0.25, 0.3) is 0 Å². The number of hydrogen-bond donors (Lipinski definition) is 4. The number of primary amides is 1. The second-order valence-electron chi connectivity index (χ2n) is 3.11. The van der Waals surface area contributed by atoms with Crippen LogP contribution < -0.4 is 17.2 Å². The summed E-state index contributed by atoms with van der Waals surface area (Å²) >= 11 is 0. The summed E-state index contributed by atoms with van der Waals surface area (Å²) in [4.78, 5) is 14.5. The average Bonchev–Trinajstić information content (AvgIpc) is 2.09. The quantitative estimate of drug-likeness (QED) is 0.314. The van der Waals surface area contributed by atoms with Gasteiger partial charge in [0.15, 0.2) is 12.0 Å². The van der Waals surface area contributed by atoms with E-state index in [1.54, 1.807) is 0 Å². The second kappa shape index (κ2) is 6.20. The number of aliphatic imine (C=N–C) groups is 1. The Hall–Kier alpha value is -1.30. The van der Waals surface area contributed by atoms with Gasteiger partial charge in [-0.25, -0.2) is 4.99 Å². The molecule has 0 rings (SSSR count). The number of nitrogens with zero attached hydrogens (tertiary/aromatic N) is 1. The second-order valence-corrected chi connectivity index (χ2v) is 3.11. The molecule has 14 heavy (non-hydrogen) atoms. The van der Waals surface area contributed by atoms with Gasteiger partial charge in [-0.2, -0.15) is 0 Å². The summed E-state index contributed by atoms with van der Waals surface area (Å²) in [7, 11) is 0. The third kappa shape index (κ3) is 4.66. The molecule has 0 fully saturated rings. The number of nitrogens with two attached hydrogens (primary N) is 3. The van der Waals surface area contributed by atoms with Crippen LogP contribution in [0.1, 0.15) is 26.2 Å². The maximum atomic E-state index is 10.9. The molecule has 1 amide bonds. The smallest absolute Gasteiger partial charge is 0.245 e. The lowest BCUT2D eigenvalue weighted by atomic mass is 10.1. The van der Waals surface area contributed by atoms with Crippen molar-refractivity contribution in [2.24, 2.45) is 22.2 Å². The average molecular weight is 202 g/mol. The van der Waals surface area contributed by atoms with Crippen LogP contribution in [0.4, 0.5) is 0 Å². The van der Waals surface area contributed by atoms with E-state index in [1.807, 2.05) is 6.92 Å². The molecular weight excluding hydrogens is 184 g/mol. The highest BCUT2D eigenvalue weighted by molar-refractivity contribution is 5.85. The van der Waals surface area contributed by atoms with Gasteiger partial charge in [0.25, 0.3) is 0 Å². The first-order valence-corrected chi connectivity index (χ1v) is 4.55. The number of carbonyl (C=O) groups is 1. The predicted molar refractivity (Wildman–Crippen MR) is 54.3 cm³/mol. The van der Waals surface area contributed by atoms with Gasteiger partial charge in [0, 0.05) is 0 Å². The van der Waals surface area contributed by atoms with Crippen molar-refractivity contribution in [1.82, 2.24) is 0 Å². The summed E-state index contributed by atoms with van der Waals surface area (Å²) in [5, 5.41) is 9.54. The number of carbonyl (C=O) groups excluding carboxylic acids is 1. The largest absolute Gasteiger partial charge is 0.390 e. The Kier molecular flexibility index (Phi) is 5.62. The van der Waals surface area contributed by atoms with Crippen LogP contribution in [0.5, 0.6) is 0 Å². The fraction of sp³-hybridized carbons (Fsp3) is 0.750. The topological polar surface area (TPSA) is 128 Å². The van der Waals surface area contributed by atoms with Crippen LogP contribution in [0, 0.1) is 0 Å². The number of unbranched alkanes of at least 4 members (excludes halogenated alkanes) is 1.